The Morgan fingerprint density at radius 3 is 2.36 bits per heavy atom. The fraction of sp³-hybridized carbons (Fsp3) is 0.143. The van der Waals surface area contributed by atoms with E-state index in [0.29, 0.717) is 11.4 Å². The molecule has 0 saturated heterocycles. The Labute approximate surface area is 63.8 Å². The molecule has 1 heterocycles. The Morgan fingerprint density at radius 2 is 1.91 bits per heavy atom. The van der Waals surface area contributed by atoms with Gasteiger partial charge >= 0.3 is 0 Å². The number of hydrogen-bond acceptors (Lipinski definition) is 4. The van der Waals surface area contributed by atoms with Gasteiger partial charge in [0.1, 0.15) is 11.9 Å². The first-order valence-electron chi connectivity index (χ1n) is 2.95. The molecular weight excluding hydrogens is 140 g/mol. The van der Waals surface area contributed by atoms with Crippen LogP contribution in [0.15, 0.2) is 12.4 Å². The van der Waals surface area contributed by atoms with E-state index in [-0.39, 0.29) is 6.42 Å². The lowest BCUT2D eigenvalue weighted by atomic mass is 10.3. The zero-order valence-electron chi connectivity index (χ0n) is 5.65. The molecule has 0 aliphatic carbocycles. The van der Waals surface area contributed by atoms with Crippen LogP contribution in [0.5, 0.6) is 0 Å². The zero-order chi connectivity index (χ0) is 8.10. The maximum Gasteiger partial charge on any atom is 0.142 e. The number of aromatic nitrogens is 2. The van der Waals surface area contributed by atoms with Gasteiger partial charge in [0.15, 0.2) is 0 Å². The molecule has 4 nitrogen and oxygen atoms in total. The Kier molecular flexibility index (Phi) is 2.14. The van der Waals surface area contributed by atoms with E-state index < -0.39 is 0 Å². The highest BCUT2D eigenvalue weighted by Crippen LogP contribution is 1.93. The third-order valence-electron chi connectivity index (χ3n) is 1.07. The topological polar surface area (TPSA) is 73.4 Å². The minimum atomic E-state index is 0.186. The van der Waals surface area contributed by atoms with E-state index in [2.05, 4.69) is 9.97 Å². The van der Waals surface area contributed by atoms with Crippen molar-refractivity contribution in [3.8, 4) is 12.1 Å². The molecule has 0 amide bonds. The lowest BCUT2D eigenvalue weighted by molar-refractivity contribution is 0.988. The minimum Gasteiger partial charge on any atom is -0.239 e. The van der Waals surface area contributed by atoms with E-state index in [4.69, 9.17) is 10.5 Å². The van der Waals surface area contributed by atoms with E-state index in [1.165, 1.54) is 12.4 Å². The number of hydrogen-bond donors (Lipinski definition) is 0. The van der Waals surface area contributed by atoms with Gasteiger partial charge in [-0.2, -0.15) is 10.5 Å². The molecule has 0 bridgehead atoms. The van der Waals surface area contributed by atoms with Gasteiger partial charge in [-0.15, -0.1) is 0 Å². The smallest absolute Gasteiger partial charge is 0.142 e. The molecule has 0 saturated carbocycles. The largest absolute Gasteiger partial charge is 0.239 e. The lowest BCUT2D eigenvalue weighted by Crippen LogP contribution is -1.92. The molecule has 0 spiro atoms. The highest BCUT2D eigenvalue weighted by molar-refractivity contribution is 5.21. The fourth-order valence-electron chi connectivity index (χ4n) is 0.575. The van der Waals surface area contributed by atoms with Crippen molar-refractivity contribution in [1.82, 2.24) is 9.97 Å². The summed E-state index contributed by atoms with van der Waals surface area (Å²) in [7, 11) is 0. The number of rotatable bonds is 1. The van der Waals surface area contributed by atoms with Crippen LogP contribution in [0.2, 0.25) is 0 Å². The van der Waals surface area contributed by atoms with Gasteiger partial charge in [0, 0.05) is 12.4 Å². The summed E-state index contributed by atoms with van der Waals surface area (Å²) >= 11 is 0. The van der Waals surface area contributed by atoms with Crippen LogP contribution in [-0.4, -0.2) is 9.97 Å². The van der Waals surface area contributed by atoms with Crippen molar-refractivity contribution in [2.45, 2.75) is 6.42 Å². The SMILES string of the molecule is N#CCc1ncc(C#N)cn1. The monoisotopic (exact) mass is 144 g/mol. The van der Waals surface area contributed by atoms with Crippen molar-refractivity contribution < 1.29 is 0 Å². The number of nitrogens with zero attached hydrogens (tertiary/aromatic N) is 4. The van der Waals surface area contributed by atoms with E-state index >= 15 is 0 Å². The molecule has 0 fully saturated rings. The molecule has 0 atom stereocenters. The van der Waals surface area contributed by atoms with Crippen LogP contribution in [0, 0.1) is 22.7 Å². The average Bonchev–Trinajstić information content (AvgIpc) is 2.07. The van der Waals surface area contributed by atoms with E-state index in [1.807, 2.05) is 12.1 Å². The standard InChI is InChI=1S/C7H4N4/c8-2-1-7-10-4-6(3-9)5-11-7/h4-5H,1H2. The predicted molar refractivity (Wildman–Crippen MR) is 36.1 cm³/mol. The molecule has 52 valence electrons. The summed E-state index contributed by atoms with van der Waals surface area (Å²) in [6.07, 6.45) is 2.99. The highest BCUT2D eigenvalue weighted by atomic mass is 14.9. The average molecular weight is 144 g/mol. The summed E-state index contributed by atoms with van der Waals surface area (Å²) in [6.45, 7) is 0. The second-order valence-electron chi connectivity index (χ2n) is 1.83. The summed E-state index contributed by atoms with van der Waals surface area (Å²) in [5.41, 5.74) is 0.409. The maximum absolute atomic E-state index is 8.36. The first-order valence-corrected chi connectivity index (χ1v) is 2.95. The van der Waals surface area contributed by atoms with Crippen LogP contribution in [0.25, 0.3) is 0 Å². The van der Waals surface area contributed by atoms with Gasteiger partial charge < -0.3 is 0 Å². The second kappa shape index (κ2) is 3.28. The molecule has 1 aromatic heterocycles. The van der Waals surface area contributed by atoms with Gasteiger partial charge in [0.2, 0.25) is 0 Å². The Morgan fingerprint density at radius 1 is 1.27 bits per heavy atom. The molecule has 1 rings (SSSR count). The molecule has 0 unspecified atom stereocenters. The molecule has 1 aromatic rings. The van der Waals surface area contributed by atoms with Gasteiger partial charge in [-0.25, -0.2) is 9.97 Å². The van der Waals surface area contributed by atoms with Crippen molar-refractivity contribution >= 4 is 0 Å². The van der Waals surface area contributed by atoms with E-state index in [1.54, 1.807) is 0 Å². The second-order valence-corrected chi connectivity index (χ2v) is 1.83. The first-order chi connectivity index (χ1) is 5.36. The van der Waals surface area contributed by atoms with Crippen LogP contribution < -0.4 is 0 Å². The van der Waals surface area contributed by atoms with E-state index in [9.17, 15) is 0 Å². The molecule has 0 aliphatic rings. The van der Waals surface area contributed by atoms with Crippen LogP contribution >= 0.6 is 0 Å². The first kappa shape index (κ1) is 7.17. The fourth-order valence-corrected chi connectivity index (χ4v) is 0.575. The van der Waals surface area contributed by atoms with Crippen molar-refractivity contribution in [2.24, 2.45) is 0 Å². The summed E-state index contributed by atoms with van der Waals surface area (Å²) in [4.78, 5) is 7.57. The number of nitriles is 2. The highest BCUT2D eigenvalue weighted by Gasteiger charge is 1.94. The Hall–Kier alpha value is -1.94. The Bertz CT molecular complexity index is 314. The Balaban J connectivity index is 2.87. The van der Waals surface area contributed by atoms with Crippen LogP contribution in [0.3, 0.4) is 0 Å². The van der Waals surface area contributed by atoms with Crippen LogP contribution in [-0.2, 0) is 6.42 Å². The molecule has 0 radical (unpaired) electrons. The molecule has 0 aliphatic heterocycles. The molecule has 0 N–H and O–H groups in total. The third-order valence-corrected chi connectivity index (χ3v) is 1.07. The predicted octanol–water partition coefficient (Wildman–Crippen LogP) is 0.414. The van der Waals surface area contributed by atoms with Crippen molar-refractivity contribution in [2.75, 3.05) is 0 Å². The van der Waals surface area contributed by atoms with E-state index in [0.717, 1.165) is 0 Å². The zero-order valence-corrected chi connectivity index (χ0v) is 5.65. The summed E-state index contributed by atoms with van der Waals surface area (Å²) < 4.78 is 0. The van der Waals surface area contributed by atoms with Gasteiger partial charge in [0.25, 0.3) is 0 Å². The van der Waals surface area contributed by atoms with Crippen molar-refractivity contribution in [1.29, 1.82) is 10.5 Å². The van der Waals surface area contributed by atoms with Crippen molar-refractivity contribution in [3.05, 3.63) is 23.8 Å². The summed E-state index contributed by atoms with van der Waals surface area (Å²) in [5.74, 6) is 0.450. The molecule has 4 heteroatoms. The van der Waals surface area contributed by atoms with Crippen LogP contribution in [0.1, 0.15) is 11.4 Å². The van der Waals surface area contributed by atoms with Crippen LogP contribution in [0.4, 0.5) is 0 Å². The van der Waals surface area contributed by atoms with Gasteiger partial charge in [-0.1, -0.05) is 0 Å². The van der Waals surface area contributed by atoms with Gasteiger partial charge in [-0.3, -0.25) is 0 Å². The lowest BCUT2D eigenvalue weighted by Gasteiger charge is -1.89. The van der Waals surface area contributed by atoms with Gasteiger partial charge in [0.05, 0.1) is 18.1 Å². The quantitative estimate of drug-likeness (QED) is 0.572. The summed E-state index contributed by atoms with van der Waals surface area (Å²) in [5, 5.41) is 16.6. The minimum absolute atomic E-state index is 0.186. The molecular formula is C7H4N4. The summed E-state index contributed by atoms with van der Waals surface area (Å²) in [6, 6.07) is 3.80. The molecule has 11 heavy (non-hydrogen) atoms. The van der Waals surface area contributed by atoms with Gasteiger partial charge in [-0.05, 0) is 0 Å². The van der Waals surface area contributed by atoms with Crippen molar-refractivity contribution in [3.63, 3.8) is 0 Å². The maximum atomic E-state index is 8.36. The normalized spacial score (nSPS) is 8.18. The molecule has 0 aromatic carbocycles. The third kappa shape index (κ3) is 1.74.